The monoisotopic (exact) mass is 341 g/mol. The minimum absolute atomic E-state index is 0.468. The van der Waals surface area contributed by atoms with Crippen molar-refractivity contribution in [3.05, 3.63) is 45.5 Å². The average molecular weight is 341 g/mol. The normalized spacial score (nSPS) is 11.3. The Kier molecular flexibility index (Phi) is 3.76. The van der Waals surface area contributed by atoms with Crippen molar-refractivity contribution in [1.82, 2.24) is 0 Å². The summed E-state index contributed by atoms with van der Waals surface area (Å²) in [6, 6.07) is 2.93. The van der Waals surface area contributed by atoms with E-state index in [4.69, 9.17) is 10.2 Å². The second-order valence-electron chi connectivity index (χ2n) is 4.37. The second-order valence-corrected chi connectivity index (χ2v) is 5.76. The van der Waals surface area contributed by atoms with Gasteiger partial charge in [0, 0.05) is 22.9 Å². The van der Waals surface area contributed by atoms with Gasteiger partial charge in [0.1, 0.15) is 4.90 Å². The van der Waals surface area contributed by atoms with Crippen molar-refractivity contribution in [2.24, 2.45) is 0 Å². The van der Waals surface area contributed by atoms with E-state index in [0.29, 0.717) is 6.07 Å². The molecule has 0 aromatic heterocycles. The average Bonchev–Trinajstić information content (AvgIpc) is 2.43. The van der Waals surface area contributed by atoms with Gasteiger partial charge in [-0.3, -0.25) is 14.7 Å². The molecule has 0 aliphatic heterocycles. The third-order valence-corrected chi connectivity index (χ3v) is 3.89. The first kappa shape index (κ1) is 16.3. The lowest BCUT2D eigenvalue weighted by molar-refractivity contribution is -0.384. The van der Waals surface area contributed by atoms with Crippen LogP contribution in [-0.2, 0) is 10.1 Å². The quantitative estimate of drug-likeness (QED) is 0.422. The zero-order valence-corrected chi connectivity index (χ0v) is 11.8. The Bertz CT molecular complexity index is 978. The molecule has 2 rings (SSSR count). The van der Waals surface area contributed by atoms with Gasteiger partial charge in [-0.25, -0.2) is 9.59 Å². The van der Waals surface area contributed by atoms with Crippen LogP contribution >= 0.6 is 0 Å². The summed E-state index contributed by atoms with van der Waals surface area (Å²) in [5.41, 5.74) is -1.97. The predicted molar refractivity (Wildman–Crippen MR) is 74.3 cm³/mol. The first-order chi connectivity index (χ1) is 10.5. The molecule has 0 saturated heterocycles. The van der Waals surface area contributed by atoms with Crippen LogP contribution in [0.15, 0.2) is 29.2 Å². The molecule has 0 fully saturated rings. The molecule has 0 aliphatic carbocycles. The highest BCUT2D eigenvalue weighted by Gasteiger charge is 2.26. The van der Waals surface area contributed by atoms with E-state index in [2.05, 4.69) is 0 Å². The lowest BCUT2D eigenvalue weighted by atomic mass is 9.98. The first-order valence-electron chi connectivity index (χ1n) is 5.73. The SMILES string of the molecule is O=C(O)c1ccc(C(=O)O)c2c(S(=O)(=O)O)cc([N+](=O)[O-])cc12. The minimum Gasteiger partial charge on any atom is -0.478 e. The van der Waals surface area contributed by atoms with Crippen LogP contribution in [0.2, 0.25) is 0 Å². The van der Waals surface area contributed by atoms with Gasteiger partial charge in [-0.15, -0.1) is 0 Å². The molecule has 0 unspecified atom stereocenters. The van der Waals surface area contributed by atoms with Crippen molar-refractivity contribution in [2.75, 3.05) is 0 Å². The lowest BCUT2D eigenvalue weighted by Gasteiger charge is -2.10. The Morgan fingerprint density at radius 3 is 2.00 bits per heavy atom. The van der Waals surface area contributed by atoms with Crippen LogP contribution in [0.4, 0.5) is 5.69 Å². The molecule has 0 radical (unpaired) electrons. The van der Waals surface area contributed by atoms with E-state index in [1.165, 1.54) is 0 Å². The van der Waals surface area contributed by atoms with Crippen LogP contribution in [0.1, 0.15) is 20.7 Å². The summed E-state index contributed by atoms with van der Waals surface area (Å²) in [4.78, 5) is 31.3. The Morgan fingerprint density at radius 1 is 1.04 bits per heavy atom. The number of fused-ring (bicyclic) bond motifs is 1. The Hall–Kier alpha value is -3.05. The van der Waals surface area contributed by atoms with E-state index in [1.54, 1.807) is 0 Å². The molecule has 2 aromatic rings. The number of nitrogens with zero attached hydrogens (tertiary/aromatic N) is 1. The number of nitro groups is 1. The smallest absolute Gasteiger partial charge is 0.336 e. The number of carbonyl (C=O) groups is 2. The molecular formula is C12H7NO9S. The van der Waals surface area contributed by atoms with Crippen LogP contribution in [-0.4, -0.2) is 40.0 Å². The summed E-state index contributed by atoms with van der Waals surface area (Å²) in [5, 5.41) is 28.0. The summed E-state index contributed by atoms with van der Waals surface area (Å²) in [6.45, 7) is 0. The molecule has 11 heteroatoms. The zero-order valence-electron chi connectivity index (χ0n) is 11.0. The Balaban J connectivity index is 3.19. The fourth-order valence-electron chi connectivity index (χ4n) is 2.10. The van der Waals surface area contributed by atoms with Crippen molar-refractivity contribution in [3.63, 3.8) is 0 Å². The van der Waals surface area contributed by atoms with Crippen molar-refractivity contribution in [1.29, 1.82) is 0 Å². The van der Waals surface area contributed by atoms with E-state index >= 15 is 0 Å². The molecule has 10 nitrogen and oxygen atoms in total. The van der Waals surface area contributed by atoms with E-state index in [1.807, 2.05) is 0 Å². The summed E-state index contributed by atoms with van der Waals surface area (Å²) in [7, 11) is -5.04. The fraction of sp³-hybridized carbons (Fsp3) is 0. The highest BCUT2D eigenvalue weighted by Crippen LogP contribution is 2.33. The molecule has 0 atom stereocenters. The van der Waals surface area contributed by atoms with Crippen LogP contribution in [0.3, 0.4) is 0 Å². The molecule has 0 saturated carbocycles. The topological polar surface area (TPSA) is 172 Å². The van der Waals surface area contributed by atoms with Gasteiger partial charge in [0.2, 0.25) is 0 Å². The summed E-state index contributed by atoms with van der Waals surface area (Å²) in [5.74, 6) is -3.14. The number of carboxylic acid groups (broad SMARTS) is 2. The van der Waals surface area contributed by atoms with Crippen LogP contribution in [0.5, 0.6) is 0 Å². The highest BCUT2D eigenvalue weighted by molar-refractivity contribution is 7.86. The van der Waals surface area contributed by atoms with Gasteiger partial charge in [-0.1, -0.05) is 0 Å². The predicted octanol–water partition coefficient (Wildman–Crippen LogP) is 1.39. The van der Waals surface area contributed by atoms with Crippen molar-refractivity contribution < 1.29 is 37.7 Å². The summed E-state index contributed by atoms with van der Waals surface area (Å²) >= 11 is 0. The zero-order chi connectivity index (χ0) is 17.5. The molecule has 0 amide bonds. The van der Waals surface area contributed by atoms with Gasteiger partial charge < -0.3 is 10.2 Å². The third kappa shape index (κ3) is 2.82. The van der Waals surface area contributed by atoms with Crippen LogP contribution < -0.4 is 0 Å². The van der Waals surface area contributed by atoms with Crippen molar-refractivity contribution >= 4 is 38.5 Å². The molecule has 2 aromatic carbocycles. The molecule has 23 heavy (non-hydrogen) atoms. The number of benzene rings is 2. The summed E-state index contributed by atoms with van der Waals surface area (Å²) < 4.78 is 32.2. The van der Waals surface area contributed by atoms with E-state index in [0.717, 1.165) is 18.2 Å². The molecule has 0 bridgehead atoms. The maximum absolute atomic E-state index is 11.5. The first-order valence-corrected chi connectivity index (χ1v) is 7.17. The molecule has 3 N–H and O–H groups in total. The highest BCUT2D eigenvalue weighted by atomic mass is 32.2. The van der Waals surface area contributed by atoms with Gasteiger partial charge in [0.25, 0.3) is 15.8 Å². The number of rotatable bonds is 4. The molecular weight excluding hydrogens is 334 g/mol. The Morgan fingerprint density at radius 2 is 1.57 bits per heavy atom. The maximum Gasteiger partial charge on any atom is 0.336 e. The minimum atomic E-state index is -5.04. The number of carboxylic acids is 2. The standard InChI is InChI=1S/C12H7NO9S/c14-11(15)6-1-2-7(12(16)17)10-8(6)3-5(13(18)19)4-9(10)23(20,21)22/h1-4H,(H,14,15)(H,16,17)(H,20,21,22). The van der Waals surface area contributed by atoms with Crippen LogP contribution in [0, 0.1) is 10.1 Å². The van der Waals surface area contributed by atoms with E-state index < -0.39 is 59.5 Å². The van der Waals surface area contributed by atoms with Crippen molar-refractivity contribution in [3.8, 4) is 0 Å². The fourth-order valence-corrected chi connectivity index (χ4v) is 2.85. The number of nitro benzene ring substituents is 1. The number of non-ortho nitro benzene ring substituents is 1. The van der Waals surface area contributed by atoms with Gasteiger partial charge >= 0.3 is 11.9 Å². The third-order valence-electron chi connectivity index (χ3n) is 3.01. The number of aromatic carboxylic acids is 2. The molecule has 0 aliphatic rings. The van der Waals surface area contributed by atoms with Crippen LogP contribution in [0.25, 0.3) is 10.8 Å². The van der Waals surface area contributed by atoms with E-state index in [9.17, 15) is 32.7 Å². The molecule has 120 valence electrons. The van der Waals surface area contributed by atoms with E-state index in [-0.39, 0.29) is 0 Å². The van der Waals surface area contributed by atoms with Gasteiger partial charge in [0.15, 0.2) is 0 Å². The van der Waals surface area contributed by atoms with Gasteiger partial charge in [-0.05, 0) is 12.1 Å². The van der Waals surface area contributed by atoms with Gasteiger partial charge in [0.05, 0.1) is 16.1 Å². The maximum atomic E-state index is 11.5. The van der Waals surface area contributed by atoms with Crippen molar-refractivity contribution in [2.45, 2.75) is 4.90 Å². The second kappa shape index (κ2) is 5.30. The lowest BCUT2D eigenvalue weighted by Crippen LogP contribution is -2.08. The largest absolute Gasteiger partial charge is 0.478 e. The van der Waals surface area contributed by atoms with Gasteiger partial charge in [-0.2, -0.15) is 8.42 Å². The molecule has 0 spiro atoms. The summed E-state index contributed by atoms with van der Waals surface area (Å²) in [6.07, 6.45) is 0. The Labute approximate surface area is 127 Å². The molecule has 0 heterocycles. The number of hydrogen-bond donors (Lipinski definition) is 3. The number of hydrogen-bond acceptors (Lipinski definition) is 6.